The van der Waals surface area contributed by atoms with Crippen molar-refractivity contribution in [3.8, 4) is 0 Å². The second kappa shape index (κ2) is 3.46. The van der Waals surface area contributed by atoms with Gasteiger partial charge in [0.1, 0.15) is 18.3 Å². The second-order valence-corrected chi connectivity index (χ2v) is 2.37. The first-order valence-corrected chi connectivity index (χ1v) is 3.15. The van der Waals surface area contributed by atoms with Gasteiger partial charge in [0.15, 0.2) is 6.29 Å². The Morgan fingerprint density at radius 2 is 2.18 bits per heavy atom. The molecule has 66 valence electrons. The topological polar surface area (TPSA) is 79.2 Å². The summed E-state index contributed by atoms with van der Waals surface area (Å²) in [5, 5.41) is 27.5. The van der Waals surface area contributed by atoms with Gasteiger partial charge in [-0.15, -0.1) is 0 Å². The van der Waals surface area contributed by atoms with Crippen LogP contribution >= 0.6 is 0 Å². The van der Waals surface area contributed by atoms with Crippen molar-refractivity contribution in [2.24, 2.45) is 0 Å². The number of methoxy groups -OCH3 is 1. The number of rotatable bonds is 1. The third-order valence-electron chi connectivity index (χ3n) is 1.57. The normalized spacial score (nSPS) is 51.0. The Labute approximate surface area is 68.4 Å². The van der Waals surface area contributed by atoms with E-state index in [4.69, 9.17) is 19.1 Å². The van der Waals surface area contributed by atoms with E-state index < -0.39 is 31.6 Å². The largest absolute Gasteiger partial charge is 0.388 e. The van der Waals surface area contributed by atoms with Crippen molar-refractivity contribution in [2.75, 3.05) is 13.6 Å². The zero-order valence-electron chi connectivity index (χ0n) is 8.67. The van der Waals surface area contributed by atoms with Crippen LogP contribution in [0.4, 0.5) is 0 Å². The lowest BCUT2D eigenvalue weighted by atomic mass is 10.1. The number of hydrogen-bond acceptors (Lipinski definition) is 5. The van der Waals surface area contributed by atoms with Gasteiger partial charge in [-0.1, -0.05) is 0 Å². The summed E-state index contributed by atoms with van der Waals surface area (Å²) in [5.41, 5.74) is 0. The van der Waals surface area contributed by atoms with Gasteiger partial charge in [0.05, 0.1) is 10.7 Å². The molecule has 5 nitrogen and oxygen atoms in total. The summed E-state index contributed by atoms with van der Waals surface area (Å²) >= 11 is 0. The maximum Gasteiger partial charge on any atom is 0.185 e. The lowest BCUT2D eigenvalue weighted by Crippen LogP contribution is -2.53. The first-order chi connectivity index (χ1) is 6.31. The summed E-state index contributed by atoms with van der Waals surface area (Å²) in [6.45, 7) is -0.279. The van der Waals surface area contributed by atoms with Gasteiger partial charge in [-0.3, -0.25) is 0 Å². The van der Waals surface area contributed by atoms with E-state index in [0.717, 1.165) is 0 Å². The minimum Gasteiger partial charge on any atom is -0.388 e. The van der Waals surface area contributed by atoms with E-state index in [2.05, 4.69) is 4.74 Å². The Morgan fingerprint density at radius 1 is 1.45 bits per heavy atom. The van der Waals surface area contributed by atoms with E-state index in [1.807, 2.05) is 0 Å². The zero-order valence-corrected chi connectivity index (χ0v) is 5.67. The molecule has 0 amide bonds. The maximum absolute atomic E-state index is 9.26. The molecule has 1 aliphatic rings. The van der Waals surface area contributed by atoms with E-state index in [1.54, 1.807) is 0 Å². The molecule has 1 fully saturated rings. The van der Waals surface area contributed by atoms with E-state index in [9.17, 15) is 5.11 Å². The maximum atomic E-state index is 9.26. The summed E-state index contributed by atoms with van der Waals surface area (Å²) < 4.78 is 29.3. The molecule has 1 aliphatic heterocycles. The van der Waals surface area contributed by atoms with Gasteiger partial charge in [-0.25, -0.2) is 0 Å². The number of aliphatic hydroxyl groups is 3. The molecule has 0 aromatic rings. The van der Waals surface area contributed by atoms with Gasteiger partial charge in [0.25, 0.3) is 0 Å². The van der Waals surface area contributed by atoms with Crippen LogP contribution in [0.1, 0.15) is 4.11 Å². The van der Waals surface area contributed by atoms with Gasteiger partial charge >= 0.3 is 0 Å². The quantitative estimate of drug-likeness (QED) is 0.424. The van der Waals surface area contributed by atoms with Crippen LogP contribution in [-0.2, 0) is 9.47 Å². The van der Waals surface area contributed by atoms with Gasteiger partial charge in [0.2, 0.25) is 0 Å². The summed E-state index contributed by atoms with van der Waals surface area (Å²) in [4.78, 5) is 0. The molecule has 1 heterocycles. The van der Waals surface area contributed by atoms with E-state index >= 15 is 0 Å². The lowest BCUT2D eigenvalue weighted by molar-refractivity contribution is -0.261. The second-order valence-electron chi connectivity index (χ2n) is 2.37. The molecule has 0 radical (unpaired) electrons. The van der Waals surface area contributed by atoms with Crippen molar-refractivity contribution < 1.29 is 28.9 Å². The summed E-state index contributed by atoms with van der Waals surface area (Å²) in [6, 6.07) is 0. The number of ether oxygens (including phenoxy) is 2. The highest BCUT2D eigenvalue weighted by molar-refractivity contribution is 4.81. The van der Waals surface area contributed by atoms with Crippen molar-refractivity contribution in [1.82, 2.24) is 0 Å². The molecule has 3 N–H and O–H groups in total. The van der Waals surface area contributed by atoms with Crippen molar-refractivity contribution in [2.45, 2.75) is 24.6 Å². The third-order valence-corrected chi connectivity index (χ3v) is 1.57. The SMILES string of the molecule is [2H]C([2H])([2H])OC1OCC(O)C(O)C1O. The van der Waals surface area contributed by atoms with Gasteiger partial charge in [0, 0.05) is 7.04 Å². The van der Waals surface area contributed by atoms with Crippen LogP contribution < -0.4 is 0 Å². The molecular formula is C6H12O5. The molecular weight excluding hydrogens is 152 g/mol. The first-order valence-electron chi connectivity index (χ1n) is 4.65. The summed E-state index contributed by atoms with van der Waals surface area (Å²) in [6.07, 6.45) is -5.71. The highest BCUT2D eigenvalue weighted by Gasteiger charge is 2.37. The molecule has 5 heteroatoms. The van der Waals surface area contributed by atoms with Crippen LogP contribution in [-0.4, -0.2) is 53.6 Å². The average molecular weight is 167 g/mol. The fourth-order valence-corrected chi connectivity index (χ4v) is 0.883. The third kappa shape index (κ3) is 1.69. The standard InChI is InChI=1S/C6H12O5/c1-10-6-5(9)4(8)3(7)2-11-6/h3-9H,2H2,1H3/i1D3. The molecule has 0 aliphatic carbocycles. The minimum atomic E-state index is -2.71. The molecule has 1 rings (SSSR count). The summed E-state index contributed by atoms with van der Waals surface area (Å²) in [5.74, 6) is 0. The van der Waals surface area contributed by atoms with Gasteiger partial charge in [-0.05, 0) is 0 Å². The Balaban J connectivity index is 2.55. The van der Waals surface area contributed by atoms with E-state index in [-0.39, 0.29) is 6.61 Å². The Hall–Kier alpha value is -0.200. The minimum absolute atomic E-state index is 0.279. The van der Waals surface area contributed by atoms with Crippen LogP contribution in [0, 0.1) is 0 Å². The molecule has 0 aromatic carbocycles. The van der Waals surface area contributed by atoms with E-state index in [1.165, 1.54) is 0 Å². The van der Waals surface area contributed by atoms with Crippen molar-refractivity contribution in [1.29, 1.82) is 0 Å². The molecule has 0 aromatic heterocycles. The smallest absolute Gasteiger partial charge is 0.185 e. The van der Waals surface area contributed by atoms with Crippen LogP contribution in [0.2, 0.25) is 0 Å². The molecule has 4 unspecified atom stereocenters. The molecule has 0 saturated carbocycles. The predicted molar refractivity (Wildman–Crippen MR) is 34.8 cm³/mol. The Bertz CT molecular complexity index is 196. The van der Waals surface area contributed by atoms with Crippen molar-refractivity contribution in [3.63, 3.8) is 0 Å². The molecule has 0 spiro atoms. The highest BCUT2D eigenvalue weighted by Crippen LogP contribution is 2.15. The van der Waals surface area contributed by atoms with Crippen LogP contribution in [0.3, 0.4) is 0 Å². The van der Waals surface area contributed by atoms with Crippen LogP contribution in [0.25, 0.3) is 0 Å². The molecule has 1 saturated heterocycles. The monoisotopic (exact) mass is 167 g/mol. The van der Waals surface area contributed by atoms with Crippen LogP contribution in [0.15, 0.2) is 0 Å². The average Bonchev–Trinajstić information content (AvgIpc) is 2.04. The highest BCUT2D eigenvalue weighted by atomic mass is 16.7. The van der Waals surface area contributed by atoms with Gasteiger partial charge in [-0.2, -0.15) is 0 Å². The van der Waals surface area contributed by atoms with Crippen LogP contribution in [0.5, 0.6) is 0 Å². The zero-order chi connectivity index (χ0) is 10.9. The fraction of sp³-hybridized carbons (Fsp3) is 1.00. The molecule has 11 heavy (non-hydrogen) atoms. The number of aliphatic hydroxyl groups excluding tert-OH is 3. The Kier molecular flexibility index (Phi) is 1.72. The number of hydrogen-bond donors (Lipinski definition) is 3. The van der Waals surface area contributed by atoms with E-state index in [0.29, 0.717) is 0 Å². The molecule has 4 atom stereocenters. The van der Waals surface area contributed by atoms with Crippen molar-refractivity contribution >= 4 is 0 Å². The predicted octanol–water partition coefficient (Wildman–Crippen LogP) is -1.93. The lowest BCUT2D eigenvalue weighted by Gasteiger charge is -2.33. The summed E-state index contributed by atoms with van der Waals surface area (Å²) in [7, 11) is -2.71. The molecule has 0 bridgehead atoms. The van der Waals surface area contributed by atoms with Gasteiger partial charge < -0.3 is 24.8 Å². The fourth-order valence-electron chi connectivity index (χ4n) is 0.883. The van der Waals surface area contributed by atoms with Crippen molar-refractivity contribution in [3.05, 3.63) is 0 Å². The Morgan fingerprint density at radius 3 is 2.82 bits per heavy atom. The first kappa shape index (κ1) is 5.45.